The van der Waals surface area contributed by atoms with E-state index in [2.05, 4.69) is 34.3 Å². The van der Waals surface area contributed by atoms with E-state index in [4.69, 9.17) is 0 Å². The number of pyridine rings is 1. The highest BCUT2D eigenvalue weighted by Gasteiger charge is 2.33. The molecule has 0 radical (unpaired) electrons. The summed E-state index contributed by atoms with van der Waals surface area (Å²) in [6.07, 6.45) is 8.07. The lowest BCUT2D eigenvalue weighted by atomic mass is 9.89. The van der Waals surface area contributed by atoms with E-state index in [-0.39, 0.29) is 0 Å². The molecule has 2 fully saturated rings. The minimum atomic E-state index is 0.607. The van der Waals surface area contributed by atoms with E-state index in [1.165, 1.54) is 37.9 Å². The van der Waals surface area contributed by atoms with E-state index >= 15 is 0 Å². The first kappa shape index (κ1) is 13.1. The van der Waals surface area contributed by atoms with E-state index in [1.54, 1.807) is 0 Å². The van der Waals surface area contributed by atoms with Gasteiger partial charge in [-0.25, -0.2) is 0 Å². The molecule has 1 N–H and O–H groups in total. The van der Waals surface area contributed by atoms with Crippen molar-refractivity contribution in [1.29, 1.82) is 0 Å². The van der Waals surface area contributed by atoms with Crippen LogP contribution in [0.3, 0.4) is 0 Å². The Balaban J connectivity index is 1.82. The Morgan fingerprint density at radius 1 is 1.21 bits per heavy atom. The normalized spacial score (nSPS) is 30.4. The van der Waals surface area contributed by atoms with Crippen molar-refractivity contribution in [3.63, 3.8) is 0 Å². The first-order valence-corrected chi connectivity index (χ1v) is 7.69. The maximum absolute atomic E-state index is 4.18. The van der Waals surface area contributed by atoms with Crippen LogP contribution in [0.1, 0.15) is 37.8 Å². The van der Waals surface area contributed by atoms with E-state index in [0.717, 1.165) is 24.9 Å². The molecule has 3 heteroatoms. The molecule has 3 atom stereocenters. The Morgan fingerprint density at radius 3 is 2.58 bits per heavy atom. The number of piperazine rings is 1. The van der Waals surface area contributed by atoms with Crippen LogP contribution < -0.4 is 5.32 Å². The van der Waals surface area contributed by atoms with Crippen molar-refractivity contribution in [2.24, 2.45) is 11.8 Å². The first-order chi connectivity index (χ1) is 9.34. The van der Waals surface area contributed by atoms with Crippen molar-refractivity contribution >= 4 is 0 Å². The number of nitrogens with zero attached hydrogens (tertiary/aromatic N) is 2. The van der Waals surface area contributed by atoms with Crippen LogP contribution in [0.15, 0.2) is 24.5 Å². The summed E-state index contributed by atoms with van der Waals surface area (Å²) >= 11 is 0. The van der Waals surface area contributed by atoms with Crippen LogP contribution in [0.4, 0.5) is 0 Å². The van der Waals surface area contributed by atoms with Gasteiger partial charge in [0.15, 0.2) is 0 Å². The fraction of sp³-hybridized carbons (Fsp3) is 0.688. The molecule has 2 aliphatic rings. The second-order valence-corrected chi connectivity index (χ2v) is 6.19. The van der Waals surface area contributed by atoms with Gasteiger partial charge in [-0.2, -0.15) is 0 Å². The van der Waals surface area contributed by atoms with Gasteiger partial charge in [0.2, 0.25) is 0 Å². The Labute approximate surface area is 116 Å². The third-order valence-electron chi connectivity index (χ3n) is 4.77. The minimum Gasteiger partial charge on any atom is -0.314 e. The van der Waals surface area contributed by atoms with Gasteiger partial charge >= 0.3 is 0 Å². The molecule has 3 rings (SSSR count). The molecule has 0 aromatic carbocycles. The second kappa shape index (κ2) is 6.02. The quantitative estimate of drug-likeness (QED) is 0.904. The molecule has 2 heterocycles. The summed E-state index contributed by atoms with van der Waals surface area (Å²) in [4.78, 5) is 6.87. The van der Waals surface area contributed by atoms with Crippen LogP contribution in [-0.4, -0.2) is 36.1 Å². The fourth-order valence-corrected chi connectivity index (χ4v) is 3.84. The number of aromatic nitrogens is 1. The molecule has 1 aliphatic heterocycles. The van der Waals surface area contributed by atoms with E-state index in [9.17, 15) is 0 Å². The van der Waals surface area contributed by atoms with Crippen molar-refractivity contribution in [3.05, 3.63) is 30.1 Å². The third-order valence-corrected chi connectivity index (χ3v) is 4.77. The van der Waals surface area contributed by atoms with Crippen molar-refractivity contribution in [2.45, 2.75) is 32.2 Å². The van der Waals surface area contributed by atoms with Gasteiger partial charge in [-0.3, -0.25) is 9.88 Å². The Bertz CT molecular complexity index is 381. The maximum Gasteiger partial charge on any atom is 0.0378 e. The highest BCUT2D eigenvalue weighted by Crippen LogP contribution is 2.41. The van der Waals surface area contributed by atoms with Crippen LogP contribution >= 0.6 is 0 Å². The van der Waals surface area contributed by atoms with E-state index in [0.29, 0.717) is 6.04 Å². The number of rotatable bonds is 3. The zero-order valence-electron chi connectivity index (χ0n) is 11.9. The molecule has 1 saturated heterocycles. The summed E-state index contributed by atoms with van der Waals surface area (Å²) in [7, 11) is 0. The minimum absolute atomic E-state index is 0.607. The van der Waals surface area contributed by atoms with Crippen molar-refractivity contribution < 1.29 is 0 Å². The van der Waals surface area contributed by atoms with Gasteiger partial charge in [0.05, 0.1) is 0 Å². The second-order valence-electron chi connectivity index (χ2n) is 6.19. The molecular weight excluding hydrogens is 234 g/mol. The Hall–Kier alpha value is -0.930. The highest BCUT2D eigenvalue weighted by molar-refractivity contribution is 5.17. The van der Waals surface area contributed by atoms with Gasteiger partial charge in [-0.1, -0.05) is 13.3 Å². The lowest BCUT2D eigenvalue weighted by molar-refractivity contribution is 0.124. The third kappa shape index (κ3) is 2.98. The summed E-state index contributed by atoms with van der Waals surface area (Å²) < 4.78 is 0. The summed E-state index contributed by atoms with van der Waals surface area (Å²) in [5, 5.41) is 3.47. The van der Waals surface area contributed by atoms with Crippen LogP contribution in [0.25, 0.3) is 0 Å². The lowest BCUT2D eigenvalue weighted by Crippen LogP contribution is -2.46. The molecule has 3 nitrogen and oxygen atoms in total. The summed E-state index contributed by atoms with van der Waals surface area (Å²) in [5.41, 5.74) is 1.47. The van der Waals surface area contributed by atoms with E-state index in [1.807, 2.05) is 12.4 Å². The van der Waals surface area contributed by atoms with Crippen molar-refractivity contribution in [3.8, 4) is 0 Å². The van der Waals surface area contributed by atoms with Crippen molar-refractivity contribution in [1.82, 2.24) is 15.2 Å². The van der Waals surface area contributed by atoms with Gasteiger partial charge < -0.3 is 5.32 Å². The standard InChI is InChI=1S/C16H25N3/c1-13-2-3-15(12-13)16(14-4-6-17-7-5-14)19-10-8-18-9-11-19/h4-7,13,15-16,18H,2-3,8-12H2,1H3/t13?,15-,16?/m1/s1. The monoisotopic (exact) mass is 259 g/mol. The summed E-state index contributed by atoms with van der Waals surface area (Å²) in [6.45, 7) is 7.02. The largest absolute Gasteiger partial charge is 0.314 e. The molecule has 104 valence electrons. The number of hydrogen-bond acceptors (Lipinski definition) is 3. The molecule has 0 spiro atoms. The summed E-state index contributed by atoms with van der Waals surface area (Å²) in [5.74, 6) is 1.73. The van der Waals surface area contributed by atoms with Crippen LogP contribution in [0.5, 0.6) is 0 Å². The smallest absolute Gasteiger partial charge is 0.0378 e. The van der Waals surface area contributed by atoms with Gasteiger partial charge in [0.1, 0.15) is 0 Å². The maximum atomic E-state index is 4.18. The molecular formula is C16H25N3. The van der Waals surface area contributed by atoms with Gasteiger partial charge in [0, 0.05) is 44.6 Å². The zero-order chi connectivity index (χ0) is 13.1. The van der Waals surface area contributed by atoms with Crippen LogP contribution in [-0.2, 0) is 0 Å². The van der Waals surface area contributed by atoms with Gasteiger partial charge in [-0.05, 0) is 42.4 Å². The molecule has 1 aliphatic carbocycles. The van der Waals surface area contributed by atoms with Crippen LogP contribution in [0, 0.1) is 11.8 Å². The molecule has 1 saturated carbocycles. The lowest BCUT2D eigenvalue weighted by Gasteiger charge is -2.38. The van der Waals surface area contributed by atoms with E-state index < -0.39 is 0 Å². The highest BCUT2D eigenvalue weighted by atomic mass is 15.2. The first-order valence-electron chi connectivity index (χ1n) is 7.69. The van der Waals surface area contributed by atoms with Crippen LogP contribution in [0.2, 0.25) is 0 Å². The average molecular weight is 259 g/mol. The predicted octanol–water partition coefficient (Wildman–Crippen LogP) is 2.46. The fourth-order valence-electron chi connectivity index (χ4n) is 3.84. The van der Waals surface area contributed by atoms with Gasteiger partial charge in [-0.15, -0.1) is 0 Å². The topological polar surface area (TPSA) is 28.2 Å². The predicted molar refractivity (Wildman–Crippen MR) is 77.9 cm³/mol. The molecule has 1 aromatic rings. The number of nitrogens with one attached hydrogen (secondary N) is 1. The summed E-state index contributed by atoms with van der Waals surface area (Å²) in [6, 6.07) is 5.04. The molecule has 0 amide bonds. The Kier molecular flexibility index (Phi) is 4.14. The zero-order valence-corrected chi connectivity index (χ0v) is 11.9. The van der Waals surface area contributed by atoms with Crippen molar-refractivity contribution in [2.75, 3.05) is 26.2 Å². The molecule has 0 bridgehead atoms. The average Bonchev–Trinajstić information content (AvgIpc) is 2.88. The Morgan fingerprint density at radius 2 is 1.95 bits per heavy atom. The SMILES string of the molecule is CC1CC[C@@H](C(c2ccncc2)N2CCNCC2)C1. The number of hydrogen-bond donors (Lipinski definition) is 1. The molecule has 19 heavy (non-hydrogen) atoms. The van der Waals surface area contributed by atoms with Gasteiger partial charge in [0.25, 0.3) is 0 Å². The molecule has 1 aromatic heterocycles. The molecule has 2 unspecified atom stereocenters.